The van der Waals surface area contributed by atoms with E-state index in [0.717, 1.165) is 45.2 Å². The second kappa shape index (κ2) is 7.05. The number of nitrogens with zero attached hydrogens (tertiary/aromatic N) is 1. The third kappa shape index (κ3) is 4.06. The topological polar surface area (TPSA) is 61.4 Å². The molecule has 2 atom stereocenters. The number of halogens is 1. The van der Waals surface area contributed by atoms with E-state index in [-0.39, 0.29) is 24.5 Å². The van der Waals surface area contributed by atoms with Crippen molar-refractivity contribution in [3.63, 3.8) is 0 Å². The van der Waals surface area contributed by atoms with Crippen molar-refractivity contribution in [2.45, 2.75) is 51.1 Å². The first-order valence-electron chi connectivity index (χ1n) is 6.59. The van der Waals surface area contributed by atoms with Crippen molar-refractivity contribution < 1.29 is 8.42 Å². The lowest BCUT2D eigenvalue weighted by Crippen LogP contribution is -2.53. The van der Waals surface area contributed by atoms with Gasteiger partial charge in [0.05, 0.1) is 0 Å². The molecule has 0 aromatic heterocycles. The van der Waals surface area contributed by atoms with E-state index in [1.54, 1.807) is 4.31 Å². The Morgan fingerprint density at radius 3 is 2.61 bits per heavy atom. The molecule has 7 heteroatoms. The number of piperidine rings is 2. The van der Waals surface area contributed by atoms with Gasteiger partial charge in [-0.2, -0.15) is 17.4 Å². The Labute approximate surface area is 116 Å². The van der Waals surface area contributed by atoms with Crippen molar-refractivity contribution in [3.05, 3.63) is 0 Å². The standard InChI is InChI=1S/C11H23N3O2S.ClH/c1-10-5-2-3-8-14(10)17(15,16)13-11-6-4-7-12-9-11;/h10-13H,2-9H2,1H3;1H/t10?,11-;/m0./s1. The summed E-state index contributed by atoms with van der Waals surface area (Å²) < 4.78 is 29.0. The summed E-state index contributed by atoms with van der Waals surface area (Å²) in [5, 5.41) is 3.23. The molecule has 1 unspecified atom stereocenters. The van der Waals surface area contributed by atoms with Gasteiger partial charge in [-0.3, -0.25) is 0 Å². The summed E-state index contributed by atoms with van der Waals surface area (Å²) in [6.07, 6.45) is 5.08. The first-order valence-corrected chi connectivity index (χ1v) is 8.03. The molecule has 0 bridgehead atoms. The predicted molar refractivity (Wildman–Crippen MR) is 75.2 cm³/mol. The molecule has 0 spiro atoms. The van der Waals surface area contributed by atoms with Gasteiger partial charge in [0.15, 0.2) is 0 Å². The fourth-order valence-electron chi connectivity index (χ4n) is 2.66. The summed E-state index contributed by atoms with van der Waals surface area (Å²) >= 11 is 0. The summed E-state index contributed by atoms with van der Waals surface area (Å²) in [5.74, 6) is 0. The average Bonchev–Trinajstić information content (AvgIpc) is 2.30. The minimum Gasteiger partial charge on any atom is -0.315 e. The first kappa shape index (κ1) is 16.2. The molecule has 0 radical (unpaired) electrons. The van der Waals surface area contributed by atoms with Crippen LogP contribution in [0.2, 0.25) is 0 Å². The van der Waals surface area contributed by atoms with E-state index in [9.17, 15) is 8.42 Å². The van der Waals surface area contributed by atoms with Gasteiger partial charge < -0.3 is 5.32 Å². The maximum absolute atomic E-state index is 12.3. The molecule has 2 aliphatic rings. The average molecular weight is 298 g/mol. The van der Waals surface area contributed by atoms with E-state index in [1.807, 2.05) is 6.92 Å². The Morgan fingerprint density at radius 1 is 1.22 bits per heavy atom. The maximum atomic E-state index is 12.3. The Morgan fingerprint density at radius 2 is 2.00 bits per heavy atom. The number of hydrogen-bond acceptors (Lipinski definition) is 3. The zero-order valence-electron chi connectivity index (χ0n) is 10.9. The molecule has 2 fully saturated rings. The quantitative estimate of drug-likeness (QED) is 0.812. The molecule has 0 aromatic carbocycles. The molecule has 2 aliphatic heterocycles. The van der Waals surface area contributed by atoms with E-state index in [2.05, 4.69) is 10.0 Å². The normalized spacial score (nSPS) is 30.7. The first-order chi connectivity index (χ1) is 8.09. The SMILES string of the molecule is CC1CCCCN1S(=O)(=O)N[C@H]1CCCNC1.Cl. The van der Waals surface area contributed by atoms with Crippen LogP contribution in [-0.4, -0.2) is 44.4 Å². The van der Waals surface area contributed by atoms with E-state index in [1.165, 1.54) is 0 Å². The smallest absolute Gasteiger partial charge is 0.279 e. The highest BCUT2D eigenvalue weighted by molar-refractivity contribution is 7.87. The van der Waals surface area contributed by atoms with Crippen molar-refractivity contribution in [1.82, 2.24) is 14.3 Å². The van der Waals surface area contributed by atoms with Gasteiger partial charge in [-0.15, -0.1) is 12.4 Å². The third-order valence-electron chi connectivity index (χ3n) is 3.66. The molecular weight excluding hydrogens is 274 g/mol. The van der Waals surface area contributed by atoms with E-state index in [0.29, 0.717) is 6.54 Å². The van der Waals surface area contributed by atoms with Crippen LogP contribution in [0.25, 0.3) is 0 Å². The minimum atomic E-state index is -3.29. The van der Waals surface area contributed by atoms with E-state index < -0.39 is 10.2 Å². The number of rotatable bonds is 3. The molecule has 0 saturated carbocycles. The highest BCUT2D eigenvalue weighted by Crippen LogP contribution is 2.19. The van der Waals surface area contributed by atoms with Crippen LogP contribution in [0.15, 0.2) is 0 Å². The van der Waals surface area contributed by atoms with Crippen molar-refractivity contribution in [2.75, 3.05) is 19.6 Å². The van der Waals surface area contributed by atoms with Crippen LogP contribution in [0.5, 0.6) is 0 Å². The van der Waals surface area contributed by atoms with Crippen LogP contribution >= 0.6 is 12.4 Å². The Kier molecular flexibility index (Phi) is 6.34. The largest absolute Gasteiger partial charge is 0.315 e. The molecule has 0 aliphatic carbocycles. The lowest BCUT2D eigenvalue weighted by atomic mass is 10.1. The van der Waals surface area contributed by atoms with E-state index >= 15 is 0 Å². The Bertz CT molecular complexity index is 344. The fraction of sp³-hybridized carbons (Fsp3) is 1.00. The molecule has 5 nitrogen and oxygen atoms in total. The lowest BCUT2D eigenvalue weighted by Gasteiger charge is -2.34. The molecule has 2 saturated heterocycles. The number of hydrogen-bond donors (Lipinski definition) is 2. The van der Waals surface area contributed by atoms with Gasteiger partial charge in [-0.1, -0.05) is 6.42 Å². The Balaban J connectivity index is 0.00000162. The number of nitrogens with one attached hydrogen (secondary N) is 2. The second-order valence-corrected chi connectivity index (χ2v) is 6.78. The summed E-state index contributed by atoms with van der Waals surface area (Å²) in [6.45, 7) is 4.41. The van der Waals surface area contributed by atoms with Gasteiger partial charge in [0, 0.05) is 25.2 Å². The molecule has 2 heterocycles. The molecule has 2 N–H and O–H groups in total. The summed E-state index contributed by atoms with van der Waals surface area (Å²) in [4.78, 5) is 0. The van der Waals surface area contributed by atoms with Gasteiger partial charge in [0.1, 0.15) is 0 Å². The van der Waals surface area contributed by atoms with Crippen molar-refractivity contribution in [2.24, 2.45) is 0 Å². The molecular formula is C11H24ClN3O2S. The zero-order valence-corrected chi connectivity index (χ0v) is 12.5. The van der Waals surface area contributed by atoms with Crippen LogP contribution in [0.4, 0.5) is 0 Å². The maximum Gasteiger partial charge on any atom is 0.279 e. The van der Waals surface area contributed by atoms with Gasteiger partial charge in [-0.05, 0) is 39.2 Å². The lowest BCUT2D eigenvalue weighted by molar-refractivity contribution is 0.262. The van der Waals surface area contributed by atoms with Gasteiger partial charge in [-0.25, -0.2) is 0 Å². The van der Waals surface area contributed by atoms with E-state index in [4.69, 9.17) is 0 Å². The van der Waals surface area contributed by atoms with Crippen LogP contribution < -0.4 is 10.0 Å². The van der Waals surface area contributed by atoms with Gasteiger partial charge in [0.2, 0.25) is 0 Å². The van der Waals surface area contributed by atoms with Crippen LogP contribution in [-0.2, 0) is 10.2 Å². The van der Waals surface area contributed by atoms with Crippen molar-refractivity contribution >= 4 is 22.6 Å². The van der Waals surface area contributed by atoms with Crippen LogP contribution in [0.3, 0.4) is 0 Å². The third-order valence-corrected chi connectivity index (χ3v) is 5.45. The van der Waals surface area contributed by atoms with Crippen molar-refractivity contribution in [1.29, 1.82) is 0 Å². The monoisotopic (exact) mass is 297 g/mol. The summed E-state index contributed by atoms with van der Waals surface area (Å²) in [5.41, 5.74) is 0. The molecule has 18 heavy (non-hydrogen) atoms. The fourth-order valence-corrected chi connectivity index (χ4v) is 4.37. The zero-order chi connectivity index (χ0) is 12.3. The summed E-state index contributed by atoms with van der Waals surface area (Å²) in [6, 6.07) is 0.195. The minimum absolute atomic E-state index is 0. The highest BCUT2D eigenvalue weighted by atomic mass is 35.5. The van der Waals surface area contributed by atoms with Crippen molar-refractivity contribution in [3.8, 4) is 0 Å². The summed E-state index contributed by atoms with van der Waals surface area (Å²) in [7, 11) is -3.29. The molecule has 0 amide bonds. The Hall–Kier alpha value is 0.120. The molecule has 2 rings (SSSR count). The van der Waals surface area contributed by atoms with Crippen LogP contribution in [0.1, 0.15) is 39.0 Å². The second-order valence-electron chi connectivity index (χ2n) is 5.12. The van der Waals surface area contributed by atoms with Gasteiger partial charge >= 0.3 is 0 Å². The van der Waals surface area contributed by atoms with Gasteiger partial charge in [0.25, 0.3) is 10.2 Å². The molecule has 0 aromatic rings. The molecule has 108 valence electrons. The predicted octanol–water partition coefficient (Wildman–Crippen LogP) is 0.869. The highest BCUT2D eigenvalue weighted by Gasteiger charge is 2.31. The van der Waals surface area contributed by atoms with Crippen LogP contribution in [0, 0.1) is 0 Å².